The maximum Gasteiger partial charge on any atom is 0.136 e. The molecular weight excluding hydrogens is 839 g/mol. The van der Waals surface area contributed by atoms with Gasteiger partial charge >= 0.3 is 0 Å². The molecule has 0 saturated heterocycles. The van der Waals surface area contributed by atoms with Crippen LogP contribution in [-0.4, -0.2) is 10.8 Å². The van der Waals surface area contributed by atoms with Gasteiger partial charge in [0.15, 0.2) is 0 Å². The van der Waals surface area contributed by atoms with Crippen LogP contribution in [0.2, 0.25) is 0 Å². The average molecular weight is 882 g/mol. The maximum atomic E-state index is 6.68. The van der Waals surface area contributed by atoms with Gasteiger partial charge in [-0.05, 0) is 80.4 Å². The molecule has 0 spiro atoms. The third-order valence-electron chi connectivity index (χ3n) is 13.5. The lowest BCUT2D eigenvalue weighted by molar-refractivity contribution is 0.669. The highest BCUT2D eigenvalue weighted by molar-refractivity contribution is 6.28. The van der Waals surface area contributed by atoms with Crippen LogP contribution in [0.4, 0.5) is 0 Å². The normalized spacial score (nSPS) is 13.7. The molecule has 0 fully saturated rings. The van der Waals surface area contributed by atoms with Crippen molar-refractivity contribution in [3.63, 3.8) is 0 Å². The van der Waals surface area contributed by atoms with Crippen molar-refractivity contribution in [2.24, 2.45) is 4.99 Å². The van der Waals surface area contributed by atoms with Crippen LogP contribution in [0.1, 0.15) is 22.7 Å². The third-order valence-corrected chi connectivity index (χ3v) is 13.5. The zero-order valence-corrected chi connectivity index (χ0v) is 37.6. The van der Waals surface area contributed by atoms with Gasteiger partial charge in [-0.3, -0.25) is 0 Å². The number of fused-ring (bicyclic) bond motifs is 6. The van der Waals surface area contributed by atoms with Gasteiger partial charge in [0.05, 0.1) is 22.9 Å². The van der Waals surface area contributed by atoms with Crippen molar-refractivity contribution in [2.45, 2.75) is 6.04 Å². The third kappa shape index (κ3) is 7.36. The highest BCUT2D eigenvalue weighted by atomic mass is 16.3. The number of nitrogens with one attached hydrogen (secondary N) is 1. The van der Waals surface area contributed by atoms with E-state index in [-0.39, 0.29) is 6.04 Å². The lowest BCUT2D eigenvalue weighted by atomic mass is 9.88. The molecule has 0 aliphatic carbocycles. The number of pyridine rings is 1. The summed E-state index contributed by atoms with van der Waals surface area (Å²) in [5.74, 6) is 0.830. The van der Waals surface area contributed by atoms with E-state index in [1.807, 2.05) is 6.07 Å². The number of hydrogen-bond donors (Lipinski definition) is 1. The van der Waals surface area contributed by atoms with E-state index in [1.54, 1.807) is 0 Å². The molecule has 0 radical (unpaired) electrons. The average Bonchev–Trinajstić information content (AvgIpc) is 3.81. The first-order valence-electron chi connectivity index (χ1n) is 23.5. The lowest BCUT2D eigenvalue weighted by Gasteiger charge is -2.25. The molecule has 69 heavy (non-hydrogen) atoms. The first kappa shape index (κ1) is 40.2. The molecule has 3 heterocycles. The van der Waals surface area contributed by atoms with Gasteiger partial charge in [-0.1, -0.05) is 218 Å². The van der Waals surface area contributed by atoms with Crippen LogP contribution in [0, 0.1) is 0 Å². The van der Waals surface area contributed by atoms with E-state index >= 15 is 0 Å². The zero-order valence-electron chi connectivity index (χ0n) is 37.6. The highest BCUT2D eigenvalue weighted by Gasteiger charge is 2.23. The topological polar surface area (TPSA) is 50.4 Å². The molecule has 1 atom stereocenters. The molecular formula is C65H43N3O. The molecule has 324 valence electrons. The predicted octanol–water partition coefficient (Wildman–Crippen LogP) is 16.8. The number of hydrogen-bond acceptors (Lipinski definition) is 4. The summed E-state index contributed by atoms with van der Waals surface area (Å²) in [5.41, 5.74) is 18.1. The van der Waals surface area contributed by atoms with Gasteiger partial charge in [0.2, 0.25) is 0 Å². The second kappa shape index (κ2) is 16.9. The second-order valence-corrected chi connectivity index (χ2v) is 17.7. The summed E-state index contributed by atoms with van der Waals surface area (Å²) in [6.07, 6.45) is 2.24. The Morgan fingerprint density at radius 2 is 0.884 bits per heavy atom. The Balaban J connectivity index is 0.903. The minimum atomic E-state index is -0.0901. The van der Waals surface area contributed by atoms with Gasteiger partial charge in [0.1, 0.15) is 17.0 Å². The maximum absolute atomic E-state index is 6.68. The first-order chi connectivity index (χ1) is 34.2. The van der Waals surface area contributed by atoms with E-state index in [2.05, 4.69) is 248 Å². The number of aliphatic imine (C=N–C) groups is 1. The summed E-state index contributed by atoms with van der Waals surface area (Å²) < 4.78 is 6.68. The van der Waals surface area contributed by atoms with E-state index < -0.39 is 0 Å². The van der Waals surface area contributed by atoms with Crippen LogP contribution >= 0.6 is 0 Å². The fourth-order valence-electron chi connectivity index (χ4n) is 10.1. The molecule has 1 aliphatic rings. The summed E-state index contributed by atoms with van der Waals surface area (Å²) in [5, 5.41) is 9.33. The number of benzene rings is 10. The lowest BCUT2D eigenvalue weighted by Crippen LogP contribution is -2.31. The minimum absolute atomic E-state index is 0.0901. The van der Waals surface area contributed by atoms with Crippen LogP contribution < -0.4 is 5.32 Å². The van der Waals surface area contributed by atoms with Gasteiger partial charge in [0, 0.05) is 43.6 Å². The van der Waals surface area contributed by atoms with Crippen LogP contribution in [-0.2, 0) is 0 Å². The molecule has 10 aromatic carbocycles. The largest absolute Gasteiger partial charge is 0.456 e. The molecule has 1 N–H and O–H groups in total. The fraction of sp³-hybridized carbons (Fsp3) is 0.0154. The second-order valence-electron chi connectivity index (χ2n) is 17.7. The zero-order chi connectivity index (χ0) is 45.7. The van der Waals surface area contributed by atoms with Crippen molar-refractivity contribution in [3.05, 3.63) is 265 Å². The standard InChI is InChI=1S/C65H43N3O/c1-4-15-42(16-5-1)44-27-33-47(34-28-44)57-41-58(48-35-29-45(30-36-48)43-17-6-2-7-18-43)68-65(67-57)50-37-31-46(32-38-50)51-21-14-22-52(39-51)61-62-53-23-10-12-25-56(53)66-64(49-19-8-3-9-20-49)55(62)40-60-63(61)54-24-11-13-26-59(54)69-60/h1-41,57H,(H,67,68). The van der Waals surface area contributed by atoms with Crippen LogP contribution in [0.15, 0.2) is 258 Å². The Bertz CT molecular complexity index is 3930. The molecule has 0 bridgehead atoms. The molecule has 4 heteroatoms. The van der Waals surface area contributed by atoms with E-state index in [0.717, 1.165) is 99.8 Å². The Morgan fingerprint density at radius 3 is 1.58 bits per heavy atom. The van der Waals surface area contributed by atoms with Gasteiger partial charge in [-0.2, -0.15) is 0 Å². The van der Waals surface area contributed by atoms with Gasteiger partial charge < -0.3 is 9.73 Å². The highest BCUT2D eigenvalue weighted by Crippen LogP contribution is 2.47. The monoisotopic (exact) mass is 881 g/mol. The van der Waals surface area contributed by atoms with E-state index in [0.29, 0.717) is 0 Å². The summed E-state index contributed by atoms with van der Waals surface area (Å²) in [6, 6.07) is 85.9. The van der Waals surface area contributed by atoms with Gasteiger partial charge in [-0.25, -0.2) is 9.98 Å². The van der Waals surface area contributed by atoms with Crippen molar-refractivity contribution < 1.29 is 4.42 Å². The predicted molar refractivity (Wildman–Crippen MR) is 287 cm³/mol. The molecule has 4 nitrogen and oxygen atoms in total. The Labute approximate surface area is 400 Å². The van der Waals surface area contributed by atoms with Crippen LogP contribution in [0.3, 0.4) is 0 Å². The number of amidine groups is 1. The Kier molecular flexibility index (Phi) is 9.87. The van der Waals surface area contributed by atoms with E-state index in [4.69, 9.17) is 14.4 Å². The van der Waals surface area contributed by atoms with Crippen molar-refractivity contribution in [1.29, 1.82) is 0 Å². The van der Waals surface area contributed by atoms with E-state index in [1.165, 1.54) is 27.8 Å². The van der Waals surface area contributed by atoms with Crippen molar-refractivity contribution >= 4 is 55.1 Å². The van der Waals surface area contributed by atoms with Crippen LogP contribution in [0.25, 0.3) is 105 Å². The minimum Gasteiger partial charge on any atom is -0.456 e. The van der Waals surface area contributed by atoms with Crippen molar-refractivity contribution in [3.8, 4) is 55.8 Å². The number of para-hydroxylation sites is 2. The summed E-state index contributed by atoms with van der Waals surface area (Å²) >= 11 is 0. The molecule has 13 rings (SSSR count). The van der Waals surface area contributed by atoms with Crippen molar-refractivity contribution in [1.82, 2.24) is 10.3 Å². The molecule has 0 saturated carbocycles. The van der Waals surface area contributed by atoms with Gasteiger partial charge in [0.25, 0.3) is 0 Å². The molecule has 0 amide bonds. The van der Waals surface area contributed by atoms with Crippen LogP contribution in [0.5, 0.6) is 0 Å². The van der Waals surface area contributed by atoms with E-state index in [9.17, 15) is 0 Å². The molecule has 2 aromatic heterocycles. The number of rotatable bonds is 8. The Hall–Kier alpha value is -9.12. The smallest absolute Gasteiger partial charge is 0.136 e. The summed E-state index contributed by atoms with van der Waals surface area (Å²) in [6.45, 7) is 0. The number of nitrogens with zero attached hydrogens (tertiary/aromatic N) is 2. The van der Waals surface area contributed by atoms with Gasteiger partial charge in [-0.15, -0.1) is 0 Å². The Morgan fingerprint density at radius 1 is 0.362 bits per heavy atom. The molecule has 1 aliphatic heterocycles. The quantitative estimate of drug-likeness (QED) is 0.155. The fourth-order valence-corrected chi connectivity index (χ4v) is 10.1. The SMILES string of the molecule is C1=C(c2ccc(-c3ccccc3)cc2)N=C(c2ccc(-c3cccc(-c4c5c(cc6c(-c7ccccc7)nc7ccccc7c46)oc4ccccc45)c3)cc2)NC1c1ccc(-c2ccccc2)cc1. The summed E-state index contributed by atoms with van der Waals surface area (Å²) in [4.78, 5) is 10.6. The first-order valence-corrected chi connectivity index (χ1v) is 23.5. The molecule has 1 unspecified atom stereocenters. The number of furan rings is 1. The number of aromatic nitrogens is 1. The molecule has 12 aromatic rings. The summed E-state index contributed by atoms with van der Waals surface area (Å²) in [7, 11) is 0. The van der Waals surface area contributed by atoms with Crippen molar-refractivity contribution in [2.75, 3.05) is 0 Å².